The second-order valence-corrected chi connectivity index (χ2v) is 3.21. The van der Waals surface area contributed by atoms with Gasteiger partial charge in [-0.05, 0) is 42.1 Å². The third-order valence-corrected chi connectivity index (χ3v) is 2.09. The molecule has 68 valence electrons. The lowest BCUT2D eigenvalue weighted by molar-refractivity contribution is 0.946. The summed E-state index contributed by atoms with van der Waals surface area (Å²) in [5.74, 6) is 0. The molecule has 0 atom stereocenters. The van der Waals surface area contributed by atoms with Crippen molar-refractivity contribution in [2.75, 3.05) is 6.54 Å². The predicted molar refractivity (Wildman–Crippen MR) is 53.9 cm³/mol. The highest BCUT2D eigenvalue weighted by Gasteiger charge is 1.97. The van der Waals surface area contributed by atoms with E-state index in [4.69, 9.17) is 17.1 Å². The first-order chi connectivity index (χ1) is 6.24. The molecule has 0 radical (unpaired) electrons. The molecular formula is C9H10ClN3. The quantitative estimate of drug-likeness (QED) is 0.403. The van der Waals surface area contributed by atoms with Crippen molar-refractivity contribution >= 4 is 11.6 Å². The van der Waals surface area contributed by atoms with Crippen molar-refractivity contribution in [3.05, 3.63) is 44.8 Å². The number of halogens is 1. The molecule has 0 bridgehead atoms. The number of benzene rings is 1. The summed E-state index contributed by atoms with van der Waals surface area (Å²) >= 11 is 5.83. The van der Waals surface area contributed by atoms with Crippen LogP contribution in [-0.4, -0.2) is 6.54 Å². The molecule has 0 N–H and O–H groups in total. The average molecular weight is 196 g/mol. The Labute approximate surface area is 82.0 Å². The minimum absolute atomic E-state index is 0.484. The lowest BCUT2D eigenvalue weighted by atomic mass is 10.1. The minimum Gasteiger partial charge on any atom is -0.0936 e. The van der Waals surface area contributed by atoms with Crippen LogP contribution >= 0.6 is 11.6 Å². The molecule has 4 heteroatoms. The van der Waals surface area contributed by atoms with E-state index in [1.807, 2.05) is 25.1 Å². The number of nitrogens with zero attached hydrogens (tertiary/aromatic N) is 3. The lowest BCUT2D eigenvalue weighted by Gasteiger charge is -2.03. The molecule has 0 aliphatic carbocycles. The third kappa shape index (κ3) is 2.98. The van der Waals surface area contributed by atoms with E-state index in [2.05, 4.69) is 10.0 Å². The molecule has 0 saturated heterocycles. The van der Waals surface area contributed by atoms with Crippen molar-refractivity contribution in [1.82, 2.24) is 0 Å². The van der Waals surface area contributed by atoms with E-state index in [1.165, 1.54) is 5.56 Å². The minimum atomic E-state index is 0.484. The Bertz CT molecular complexity index is 343. The third-order valence-electron chi connectivity index (χ3n) is 1.86. The van der Waals surface area contributed by atoms with Gasteiger partial charge in [0.2, 0.25) is 0 Å². The standard InChI is InChI=1S/C9H10ClN3/c1-7-2-3-9(10)6-8(7)4-5-12-13-11/h2-3,6H,4-5H2,1H3. The van der Waals surface area contributed by atoms with Crippen molar-refractivity contribution in [3.8, 4) is 0 Å². The van der Waals surface area contributed by atoms with Crippen molar-refractivity contribution in [2.45, 2.75) is 13.3 Å². The maximum atomic E-state index is 8.10. The van der Waals surface area contributed by atoms with Gasteiger partial charge < -0.3 is 0 Å². The second kappa shape index (κ2) is 4.75. The van der Waals surface area contributed by atoms with Crippen LogP contribution in [0, 0.1) is 6.92 Å². The van der Waals surface area contributed by atoms with Gasteiger partial charge in [-0.3, -0.25) is 0 Å². The van der Waals surface area contributed by atoms with Crippen LogP contribution in [0.1, 0.15) is 11.1 Å². The summed E-state index contributed by atoms with van der Waals surface area (Å²) in [4.78, 5) is 2.69. The number of azide groups is 1. The predicted octanol–water partition coefficient (Wildman–Crippen LogP) is 3.50. The van der Waals surface area contributed by atoms with Crippen molar-refractivity contribution in [3.63, 3.8) is 0 Å². The first-order valence-electron chi connectivity index (χ1n) is 4.00. The fourth-order valence-corrected chi connectivity index (χ4v) is 1.32. The monoisotopic (exact) mass is 195 g/mol. The van der Waals surface area contributed by atoms with Gasteiger partial charge in [-0.1, -0.05) is 22.8 Å². The molecular weight excluding hydrogens is 186 g/mol. The van der Waals surface area contributed by atoms with Gasteiger partial charge in [0.1, 0.15) is 0 Å². The number of hydrogen-bond acceptors (Lipinski definition) is 1. The summed E-state index contributed by atoms with van der Waals surface area (Å²) in [7, 11) is 0. The molecule has 1 rings (SSSR count). The molecule has 3 nitrogen and oxygen atoms in total. The van der Waals surface area contributed by atoms with Crippen molar-refractivity contribution in [1.29, 1.82) is 0 Å². The van der Waals surface area contributed by atoms with Crippen LogP contribution in [0.25, 0.3) is 10.4 Å². The van der Waals surface area contributed by atoms with Gasteiger partial charge >= 0.3 is 0 Å². The van der Waals surface area contributed by atoms with E-state index in [1.54, 1.807) is 0 Å². The maximum absolute atomic E-state index is 8.10. The summed E-state index contributed by atoms with van der Waals surface area (Å²) in [6.07, 6.45) is 0.746. The molecule has 0 spiro atoms. The highest BCUT2D eigenvalue weighted by atomic mass is 35.5. The molecule has 0 amide bonds. The average Bonchev–Trinajstić information content (AvgIpc) is 2.11. The lowest BCUT2D eigenvalue weighted by Crippen LogP contribution is -1.91. The van der Waals surface area contributed by atoms with E-state index in [9.17, 15) is 0 Å². The zero-order valence-corrected chi connectivity index (χ0v) is 8.12. The topological polar surface area (TPSA) is 48.8 Å². The normalized spacial score (nSPS) is 9.38. The molecule has 1 aromatic carbocycles. The molecule has 0 aliphatic rings. The largest absolute Gasteiger partial charge is 0.0936 e. The second-order valence-electron chi connectivity index (χ2n) is 2.78. The Morgan fingerprint density at radius 2 is 2.31 bits per heavy atom. The van der Waals surface area contributed by atoms with Gasteiger partial charge in [0.05, 0.1) is 0 Å². The summed E-state index contributed by atoms with van der Waals surface area (Å²) in [6.45, 7) is 2.50. The van der Waals surface area contributed by atoms with E-state index in [0.717, 1.165) is 17.0 Å². The van der Waals surface area contributed by atoms with E-state index in [-0.39, 0.29) is 0 Å². The van der Waals surface area contributed by atoms with Crippen LogP contribution in [0.15, 0.2) is 23.3 Å². The first-order valence-corrected chi connectivity index (χ1v) is 4.37. The zero-order chi connectivity index (χ0) is 9.68. The molecule has 13 heavy (non-hydrogen) atoms. The first kappa shape index (κ1) is 9.90. The highest BCUT2D eigenvalue weighted by Crippen LogP contribution is 2.15. The van der Waals surface area contributed by atoms with Crippen LogP contribution in [-0.2, 0) is 6.42 Å². The van der Waals surface area contributed by atoms with E-state index >= 15 is 0 Å². The fourth-order valence-electron chi connectivity index (χ4n) is 1.12. The van der Waals surface area contributed by atoms with Gasteiger partial charge in [-0.2, -0.15) is 0 Å². The van der Waals surface area contributed by atoms with Gasteiger partial charge in [0, 0.05) is 16.5 Å². The SMILES string of the molecule is Cc1ccc(Cl)cc1CCN=[N+]=[N-]. The van der Waals surface area contributed by atoms with Crippen LogP contribution in [0.5, 0.6) is 0 Å². The molecule has 0 aromatic heterocycles. The van der Waals surface area contributed by atoms with E-state index < -0.39 is 0 Å². The number of rotatable bonds is 3. The fraction of sp³-hybridized carbons (Fsp3) is 0.333. The highest BCUT2D eigenvalue weighted by molar-refractivity contribution is 6.30. The maximum Gasteiger partial charge on any atom is 0.0408 e. The van der Waals surface area contributed by atoms with Crippen LogP contribution in [0.3, 0.4) is 0 Å². The van der Waals surface area contributed by atoms with Gasteiger partial charge in [-0.25, -0.2) is 0 Å². The Balaban J connectivity index is 2.75. The van der Waals surface area contributed by atoms with Gasteiger partial charge in [0.15, 0.2) is 0 Å². The molecule has 0 unspecified atom stereocenters. The summed E-state index contributed by atoms with van der Waals surface area (Å²) < 4.78 is 0. The molecule has 1 aromatic rings. The zero-order valence-electron chi connectivity index (χ0n) is 7.37. The van der Waals surface area contributed by atoms with Crippen LogP contribution in [0.2, 0.25) is 5.02 Å². The number of hydrogen-bond donors (Lipinski definition) is 0. The van der Waals surface area contributed by atoms with E-state index in [0.29, 0.717) is 6.54 Å². The Morgan fingerprint density at radius 3 is 3.00 bits per heavy atom. The van der Waals surface area contributed by atoms with Crippen LogP contribution in [0.4, 0.5) is 0 Å². The number of aryl methyl sites for hydroxylation is 1. The van der Waals surface area contributed by atoms with Crippen molar-refractivity contribution < 1.29 is 0 Å². The van der Waals surface area contributed by atoms with Gasteiger partial charge in [0.25, 0.3) is 0 Å². The Hall–Kier alpha value is -1.18. The van der Waals surface area contributed by atoms with Crippen molar-refractivity contribution in [2.24, 2.45) is 5.11 Å². The summed E-state index contributed by atoms with van der Waals surface area (Å²) in [6, 6.07) is 5.73. The summed E-state index contributed by atoms with van der Waals surface area (Å²) in [5.41, 5.74) is 10.4. The Morgan fingerprint density at radius 1 is 1.54 bits per heavy atom. The van der Waals surface area contributed by atoms with Crippen LogP contribution < -0.4 is 0 Å². The van der Waals surface area contributed by atoms with Gasteiger partial charge in [-0.15, -0.1) is 0 Å². The summed E-state index contributed by atoms with van der Waals surface area (Å²) in [5, 5.41) is 4.20. The molecule has 0 fully saturated rings. The molecule has 0 heterocycles. The molecule has 0 aliphatic heterocycles. The Kier molecular flexibility index (Phi) is 3.62. The molecule has 0 saturated carbocycles. The smallest absolute Gasteiger partial charge is 0.0408 e.